The molecule has 3 nitrogen and oxygen atoms in total. The van der Waals surface area contributed by atoms with Crippen LogP contribution in [0.5, 0.6) is 0 Å². The SMILES string of the molecule is O=C(O)C1(CC2C3CC4CC(C3)CC2C4)CCCN1. The fourth-order valence-corrected chi connectivity index (χ4v) is 6.02. The van der Waals surface area contributed by atoms with Gasteiger partial charge in [-0.2, -0.15) is 0 Å². The van der Waals surface area contributed by atoms with Crippen molar-refractivity contribution in [3.63, 3.8) is 0 Å². The molecular formula is C16H25NO2. The molecule has 5 fully saturated rings. The van der Waals surface area contributed by atoms with Crippen LogP contribution < -0.4 is 5.32 Å². The smallest absolute Gasteiger partial charge is 0.323 e. The van der Waals surface area contributed by atoms with Gasteiger partial charge in [-0.3, -0.25) is 4.79 Å². The van der Waals surface area contributed by atoms with Gasteiger partial charge in [0.25, 0.3) is 0 Å². The predicted octanol–water partition coefficient (Wildman–Crippen LogP) is 2.66. The molecule has 3 heteroatoms. The first kappa shape index (κ1) is 12.2. The van der Waals surface area contributed by atoms with E-state index in [4.69, 9.17) is 0 Å². The number of aliphatic carboxylic acids is 1. The maximum absolute atomic E-state index is 11.7. The van der Waals surface area contributed by atoms with E-state index < -0.39 is 11.5 Å². The van der Waals surface area contributed by atoms with Crippen molar-refractivity contribution >= 4 is 5.97 Å². The molecule has 5 rings (SSSR count). The first-order chi connectivity index (χ1) is 9.16. The van der Waals surface area contributed by atoms with Gasteiger partial charge in [0.1, 0.15) is 5.54 Å². The third kappa shape index (κ3) is 1.84. The van der Waals surface area contributed by atoms with Gasteiger partial charge in [0.2, 0.25) is 0 Å². The summed E-state index contributed by atoms with van der Waals surface area (Å²) in [6.07, 6.45) is 9.82. The van der Waals surface area contributed by atoms with Gasteiger partial charge in [-0.15, -0.1) is 0 Å². The van der Waals surface area contributed by atoms with Gasteiger partial charge in [-0.25, -0.2) is 0 Å². The van der Waals surface area contributed by atoms with Gasteiger partial charge in [0.15, 0.2) is 0 Å². The Morgan fingerprint density at radius 1 is 1.11 bits per heavy atom. The highest BCUT2D eigenvalue weighted by molar-refractivity contribution is 5.79. The molecule has 0 aromatic heterocycles. The molecule has 19 heavy (non-hydrogen) atoms. The Kier molecular flexibility index (Phi) is 2.70. The quantitative estimate of drug-likeness (QED) is 0.823. The van der Waals surface area contributed by atoms with E-state index in [1.165, 1.54) is 32.1 Å². The Bertz CT molecular complexity index is 358. The Hall–Kier alpha value is -0.570. The molecule has 1 unspecified atom stereocenters. The number of carboxylic acid groups (broad SMARTS) is 1. The highest BCUT2D eigenvalue weighted by atomic mass is 16.4. The van der Waals surface area contributed by atoms with Crippen molar-refractivity contribution in [1.82, 2.24) is 5.32 Å². The van der Waals surface area contributed by atoms with Crippen LogP contribution in [0.3, 0.4) is 0 Å². The summed E-state index contributed by atoms with van der Waals surface area (Å²) in [4.78, 5) is 11.7. The summed E-state index contributed by atoms with van der Waals surface area (Å²) in [6, 6.07) is 0. The van der Waals surface area contributed by atoms with Crippen molar-refractivity contribution in [1.29, 1.82) is 0 Å². The zero-order valence-electron chi connectivity index (χ0n) is 11.6. The monoisotopic (exact) mass is 263 g/mol. The van der Waals surface area contributed by atoms with Crippen LogP contribution in [0.2, 0.25) is 0 Å². The van der Waals surface area contributed by atoms with Gasteiger partial charge in [-0.05, 0) is 87.5 Å². The minimum absolute atomic E-state index is 0.583. The number of carbonyl (C=O) groups is 1. The Labute approximate surface area is 115 Å². The summed E-state index contributed by atoms with van der Waals surface area (Å²) >= 11 is 0. The lowest BCUT2D eigenvalue weighted by Gasteiger charge is -2.55. The highest BCUT2D eigenvalue weighted by Gasteiger charge is 2.52. The van der Waals surface area contributed by atoms with E-state index in [2.05, 4.69) is 5.32 Å². The second-order valence-corrected chi connectivity index (χ2v) is 7.72. The third-order valence-corrected chi connectivity index (χ3v) is 6.66. The normalized spacial score (nSPS) is 51.7. The average molecular weight is 263 g/mol. The summed E-state index contributed by atoms with van der Waals surface area (Å²) in [7, 11) is 0. The maximum atomic E-state index is 11.7. The summed E-state index contributed by atoms with van der Waals surface area (Å²) in [5.74, 6) is 3.74. The van der Waals surface area contributed by atoms with Crippen LogP contribution in [0.1, 0.15) is 51.4 Å². The van der Waals surface area contributed by atoms with Crippen molar-refractivity contribution in [2.75, 3.05) is 6.54 Å². The lowest BCUT2D eigenvalue weighted by Crippen LogP contribution is -2.53. The Morgan fingerprint density at radius 3 is 2.21 bits per heavy atom. The standard InChI is InChI=1S/C16H25NO2/c18-15(19)16(2-1-3-17-16)9-14-12-5-10-4-11(7-12)8-13(14)6-10/h10-14,17H,1-9H2,(H,18,19). The van der Waals surface area contributed by atoms with Gasteiger partial charge in [0, 0.05) is 0 Å². The summed E-state index contributed by atoms with van der Waals surface area (Å²) in [6.45, 7) is 0.888. The number of rotatable bonds is 3. The predicted molar refractivity (Wildman–Crippen MR) is 72.8 cm³/mol. The number of hydrogen-bond acceptors (Lipinski definition) is 2. The minimum atomic E-state index is -0.598. The molecule has 2 N–H and O–H groups in total. The van der Waals surface area contributed by atoms with Crippen LogP contribution in [-0.2, 0) is 4.79 Å². The van der Waals surface area contributed by atoms with Gasteiger partial charge in [-0.1, -0.05) is 0 Å². The van der Waals surface area contributed by atoms with Crippen LogP contribution in [0, 0.1) is 29.6 Å². The largest absolute Gasteiger partial charge is 0.480 e. The summed E-state index contributed by atoms with van der Waals surface area (Å²) in [5.41, 5.74) is -0.583. The molecule has 1 saturated heterocycles. The van der Waals surface area contributed by atoms with Crippen LogP contribution in [0.15, 0.2) is 0 Å². The molecule has 1 heterocycles. The average Bonchev–Trinajstić information content (AvgIpc) is 2.83. The Morgan fingerprint density at radius 2 is 1.74 bits per heavy atom. The van der Waals surface area contributed by atoms with E-state index in [1.807, 2.05) is 0 Å². The summed E-state index contributed by atoms with van der Waals surface area (Å²) < 4.78 is 0. The summed E-state index contributed by atoms with van der Waals surface area (Å²) in [5, 5.41) is 13.0. The lowest BCUT2D eigenvalue weighted by atomic mass is 9.50. The lowest BCUT2D eigenvalue weighted by molar-refractivity contribution is -0.147. The van der Waals surface area contributed by atoms with Crippen molar-refractivity contribution < 1.29 is 9.90 Å². The molecular weight excluding hydrogens is 238 g/mol. The topological polar surface area (TPSA) is 49.3 Å². The second-order valence-electron chi connectivity index (χ2n) is 7.72. The first-order valence-corrected chi connectivity index (χ1v) is 8.15. The second kappa shape index (κ2) is 4.21. The number of hydrogen-bond donors (Lipinski definition) is 2. The van der Waals surface area contributed by atoms with Crippen LogP contribution in [0.4, 0.5) is 0 Å². The molecule has 0 aromatic rings. The zero-order valence-corrected chi connectivity index (χ0v) is 11.6. The molecule has 1 aliphatic heterocycles. The molecule has 4 saturated carbocycles. The number of carboxylic acids is 1. The molecule has 0 aromatic carbocycles. The van der Waals surface area contributed by atoms with E-state index in [-0.39, 0.29) is 0 Å². The van der Waals surface area contributed by atoms with E-state index in [0.717, 1.165) is 49.5 Å². The Balaban J connectivity index is 1.55. The van der Waals surface area contributed by atoms with Crippen molar-refractivity contribution in [3.05, 3.63) is 0 Å². The van der Waals surface area contributed by atoms with E-state index in [0.29, 0.717) is 5.92 Å². The number of nitrogens with one attached hydrogen (secondary N) is 1. The van der Waals surface area contributed by atoms with Gasteiger partial charge >= 0.3 is 5.97 Å². The highest BCUT2D eigenvalue weighted by Crippen LogP contribution is 2.58. The van der Waals surface area contributed by atoms with Crippen LogP contribution in [0.25, 0.3) is 0 Å². The van der Waals surface area contributed by atoms with Crippen LogP contribution >= 0.6 is 0 Å². The van der Waals surface area contributed by atoms with Crippen molar-refractivity contribution in [3.8, 4) is 0 Å². The first-order valence-electron chi connectivity index (χ1n) is 8.15. The van der Waals surface area contributed by atoms with Gasteiger partial charge < -0.3 is 10.4 Å². The molecule has 4 bridgehead atoms. The van der Waals surface area contributed by atoms with Crippen molar-refractivity contribution in [2.24, 2.45) is 29.6 Å². The van der Waals surface area contributed by atoms with E-state index in [1.54, 1.807) is 0 Å². The molecule has 0 radical (unpaired) electrons. The fourth-order valence-electron chi connectivity index (χ4n) is 6.02. The van der Waals surface area contributed by atoms with E-state index >= 15 is 0 Å². The molecule has 0 spiro atoms. The molecule has 106 valence electrons. The van der Waals surface area contributed by atoms with E-state index in [9.17, 15) is 9.90 Å². The molecule has 4 aliphatic carbocycles. The van der Waals surface area contributed by atoms with Crippen LogP contribution in [-0.4, -0.2) is 23.2 Å². The van der Waals surface area contributed by atoms with Gasteiger partial charge in [0.05, 0.1) is 0 Å². The van der Waals surface area contributed by atoms with Crippen molar-refractivity contribution in [2.45, 2.75) is 56.9 Å². The minimum Gasteiger partial charge on any atom is -0.480 e. The molecule has 5 aliphatic rings. The molecule has 0 amide bonds. The maximum Gasteiger partial charge on any atom is 0.323 e. The zero-order chi connectivity index (χ0) is 13.0. The third-order valence-electron chi connectivity index (χ3n) is 6.66. The molecule has 1 atom stereocenters. The fraction of sp³-hybridized carbons (Fsp3) is 0.938.